The van der Waals surface area contributed by atoms with Crippen LogP contribution in [0.5, 0.6) is 0 Å². The van der Waals surface area contributed by atoms with Crippen LogP contribution >= 0.6 is 0 Å². The Bertz CT molecular complexity index is 278. The average Bonchev–Trinajstić information content (AvgIpc) is 2.21. The predicted molar refractivity (Wildman–Crippen MR) is 66.2 cm³/mol. The molecule has 74 valence electrons. The second-order valence-corrected chi connectivity index (χ2v) is 2.70. The van der Waals surface area contributed by atoms with Crippen molar-refractivity contribution in [1.29, 1.82) is 0 Å². The Balaban J connectivity index is 0.000000500. The molecule has 0 aliphatic rings. The molecule has 1 aromatic rings. The minimum absolute atomic E-state index is 1.24. The Morgan fingerprint density at radius 1 is 1.00 bits per heavy atom. The predicted octanol–water partition coefficient (Wildman–Crippen LogP) is 4.47. The summed E-state index contributed by atoms with van der Waals surface area (Å²) in [5.74, 6) is 0. The van der Waals surface area contributed by atoms with Crippen LogP contribution in [-0.4, -0.2) is 0 Å². The summed E-state index contributed by atoms with van der Waals surface area (Å²) in [7, 11) is 0. The molecule has 1 aromatic carbocycles. The van der Waals surface area contributed by atoms with Crippen molar-refractivity contribution in [2.24, 2.45) is 0 Å². The monoisotopic (exact) mass is 186 g/mol. The number of allylic oxidation sites excluding steroid dienone is 4. The van der Waals surface area contributed by atoms with Gasteiger partial charge in [-0.1, -0.05) is 60.7 Å². The first-order chi connectivity index (χ1) is 6.85. The molecule has 0 heteroatoms. The summed E-state index contributed by atoms with van der Waals surface area (Å²) in [5.41, 5.74) is 1.24. The van der Waals surface area contributed by atoms with Gasteiger partial charge in [-0.2, -0.15) is 0 Å². The molecule has 14 heavy (non-hydrogen) atoms. The van der Waals surface area contributed by atoms with E-state index in [2.05, 4.69) is 24.8 Å². The summed E-state index contributed by atoms with van der Waals surface area (Å²) >= 11 is 0. The molecule has 0 aliphatic carbocycles. The van der Waals surface area contributed by atoms with E-state index in [0.717, 1.165) is 0 Å². The Kier molecular flexibility index (Phi) is 8.47. The fourth-order valence-electron chi connectivity index (χ4n) is 0.842. The molecule has 0 aromatic heterocycles. The van der Waals surface area contributed by atoms with E-state index >= 15 is 0 Å². The molecule has 0 nitrogen and oxygen atoms in total. The maximum Gasteiger partial charge on any atom is -0.0257 e. The zero-order valence-electron chi connectivity index (χ0n) is 8.98. The van der Waals surface area contributed by atoms with Crippen molar-refractivity contribution < 1.29 is 0 Å². The van der Waals surface area contributed by atoms with Crippen molar-refractivity contribution in [2.45, 2.75) is 13.8 Å². The van der Waals surface area contributed by atoms with Gasteiger partial charge in [-0.05, 0) is 19.4 Å². The first-order valence-electron chi connectivity index (χ1n) is 4.76. The van der Waals surface area contributed by atoms with Crippen LogP contribution in [0.3, 0.4) is 0 Å². The zero-order valence-corrected chi connectivity index (χ0v) is 8.98. The molecule has 0 saturated heterocycles. The van der Waals surface area contributed by atoms with Crippen molar-refractivity contribution >= 4 is 6.08 Å². The normalized spacial score (nSPS) is 9.86. The molecule has 0 N–H and O–H groups in total. The smallest absolute Gasteiger partial charge is 0.0257 e. The van der Waals surface area contributed by atoms with Gasteiger partial charge in [0.15, 0.2) is 0 Å². The SMILES string of the molecule is C/C=C/C=C/c1ccccc1.C=CC. The number of hydrogen-bond acceptors (Lipinski definition) is 0. The number of rotatable bonds is 2. The average molecular weight is 186 g/mol. The second-order valence-electron chi connectivity index (χ2n) is 2.70. The maximum absolute atomic E-state index is 3.36. The topological polar surface area (TPSA) is 0 Å². The third-order valence-electron chi connectivity index (χ3n) is 1.39. The molecule has 0 fully saturated rings. The first-order valence-corrected chi connectivity index (χ1v) is 4.76. The Hall–Kier alpha value is -1.56. The lowest BCUT2D eigenvalue weighted by Crippen LogP contribution is -1.66. The standard InChI is InChI=1S/C11H12.C3H6/c1-2-3-5-8-11-9-6-4-7-10-11;1-3-2/h2-10H,1H3;3H,1H2,2H3/b3-2+,8-5+;. The summed E-state index contributed by atoms with van der Waals surface area (Å²) in [6.07, 6.45) is 9.90. The quantitative estimate of drug-likeness (QED) is 0.472. The van der Waals surface area contributed by atoms with E-state index in [1.54, 1.807) is 6.08 Å². The van der Waals surface area contributed by atoms with Crippen LogP contribution in [0.4, 0.5) is 0 Å². The zero-order chi connectivity index (χ0) is 10.6. The third kappa shape index (κ3) is 7.11. The van der Waals surface area contributed by atoms with Gasteiger partial charge in [-0.25, -0.2) is 0 Å². The summed E-state index contributed by atoms with van der Waals surface area (Å²) < 4.78 is 0. The van der Waals surface area contributed by atoms with Crippen LogP contribution in [0.2, 0.25) is 0 Å². The van der Waals surface area contributed by atoms with Crippen molar-refractivity contribution in [3.8, 4) is 0 Å². The number of hydrogen-bond donors (Lipinski definition) is 0. The molecule has 0 heterocycles. The van der Waals surface area contributed by atoms with Crippen LogP contribution in [-0.2, 0) is 0 Å². The highest BCUT2D eigenvalue weighted by Crippen LogP contribution is 2.00. The van der Waals surface area contributed by atoms with Crippen molar-refractivity contribution in [3.63, 3.8) is 0 Å². The molecular formula is C14H18. The van der Waals surface area contributed by atoms with E-state index in [0.29, 0.717) is 0 Å². The molecule has 0 aliphatic heterocycles. The summed E-state index contributed by atoms with van der Waals surface area (Å²) in [4.78, 5) is 0. The van der Waals surface area contributed by atoms with Gasteiger partial charge in [-0.15, -0.1) is 6.58 Å². The minimum Gasteiger partial charge on any atom is -0.103 e. The van der Waals surface area contributed by atoms with Crippen molar-refractivity contribution in [1.82, 2.24) is 0 Å². The fraction of sp³-hybridized carbons (Fsp3) is 0.143. The van der Waals surface area contributed by atoms with Crippen LogP contribution < -0.4 is 0 Å². The molecule has 0 atom stereocenters. The Morgan fingerprint density at radius 2 is 1.57 bits per heavy atom. The van der Waals surface area contributed by atoms with E-state index in [9.17, 15) is 0 Å². The lowest BCUT2D eigenvalue weighted by atomic mass is 10.2. The van der Waals surface area contributed by atoms with Gasteiger partial charge in [0, 0.05) is 0 Å². The minimum atomic E-state index is 1.24. The van der Waals surface area contributed by atoms with Crippen LogP contribution in [0.25, 0.3) is 6.08 Å². The van der Waals surface area contributed by atoms with Crippen molar-refractivity contribution in [3.05, 3.63) is 66.8 Å². The van der Waals surface area contributed by atoms with E-state index in [1.807, 2.05) is 50.3 Å². The Morgan fingerprint density at radius 3 is 2.07 bits per heavy atom. The second kappa shape index (κ2) is 9.53. The van der Waals surface area contributed by atoms with Gasteiger partial charge in [-0.3, -0.25) is 0 Å². The summed E-state index contributed by atoms with van der Waals surface area (Å²) in [6, 6.07) is 10.3. The van der Waals surface area contributed by atoms with E-state index in [-0.39, 0.29) is 0 Å². The first kappa shape index (κ1) is 12.4. The Labute approximate surface area is 87.3 Å². The van der Waals surface area contributed by atoms with Gasteiger partial charge in [0.05, 0.1) is 0 Å². The van der Waals surface area contributed by atoms with Gasteiger partial charge in [0.1, 0.15) is 0 Å². The van der Waals surface area contributed by atoms with Crippen molar-refractivity contribution in [2.75, 3.05) is 0 Å². The van der Waals surface area contributed by atoms with E-state index < -0.39 is 0 Å². The molecule has 1 rings (SSSR count). The highest BCUT2D eigenvalue weighted by molar-refractivity contribution is 5.50. The molecule has 0 bridgehead atoms. The van der Waals surface area contributed by atoms with E-state index in [4.69, 9.17) is 0 Å². The van der Waals surface area contributed by atoms with Crippen LogP contribution in [0, 0.1) is 0 Å². The highest BCUT2D eigenvalue weighted by Gasteiger charge is 1.78. The van der Waals surface area contributed by atoms with Gasteiger partial charge >= 0.3 is 0 Å². The van der Waals surface area contributed by atoms with Gasteiger partial charge in [0.2, 0.25) is 0 Å². The summed E-state index contributed by atoms with van der Waals surface area (Å²) in [6.45, 7) is 7.26. The lowest BCUT2D eigenvalue weighted by molar-refractivity contribution is 1.66. The highest BCUT2D eigenvalue weighted by atomic mass is 13.8. The van der Waals surface area contributed by atoms with Gasteiger partial charge in [0.25, 0.3) is 0 Å². The van der Waals surface area contributed by atoms with Gasteiger partial charge < -0.3 is 0 Å². The molecule has 0 saturated carbocycles. The molecular weight excluding hydrogens is 168 g/mol. The van der Waals surface area contributed by atoms with Crippen LogP contribution in [0.1, 0.15) is 19.4 Å². The third-order valence-corrected chi connectivity index (χ3v) is 1.39. The number of benzene rings is 1. The largest absolute Gasteiger partial charge is 0.103 e. The summed E-state index contributed by atoms with van der Waals surface area (Å²) in [5, 5.41) is 0. The molecule has 0 amide bonds. The van der Waals surface area contributed by atoms with E-state index in [1.165, 1.54) is 5.56 Å². The molecule has 0 spiro atoms. The fourth-order valence-corrected chi connectivity index (χ4v) is 0.842. The lowest BCUT2D eigenvalue weighted by Gasteiger charge is -1.87. The molecule has 0 unspecified atom stereocenters. The van der Waals surface area contributed by atoms with Crippen LogP contribution in [0.15, 0.2) is 61.2 Å². The maximum atomic E-state index is 3.36. The molecule has 0 radical (unpaired) electrons.